The van der Waals surface area contributed by atoms with Gasteiger partial charge in [-0.25, -0.2) is 9.78 Å². The van der Waals surface area contributed by atoms with Crippen LogP contribution < -0.4 is 10.1 Å². The lowest BCUT2D eigenvalue weighted by Crippen LogP contribution is -2.39. The van der Waals surface area contributed by atoms with Gasteiger partial charge in [0.1, 0.15) is 18.2 Å². The number of urea groups is 1. The number of likely N-dealkylation sites (N-methyl/N-ethyl adjacent to an activating group) is 1. The van der Waals surface area contributed by atoms with Crippen LogP contribution in [0.3, 0.4) is 0 Å². The number of amides is 2. The van der Waals surface area contributed by atoms with Crippen LogP contribution in [0.15, 0.2) is 30.6 Å². The standard InChI is InChI=1S/C14H17N5O2/c1-18(14(20)16-13-15-9-19(2)17-13)8-11-7-10-5-3-4-6-12(10)21-11/h3-6,9,11H,7-8H2,1-2H3,(H,16,17,20). The molecule has 1 N–H and O–H groups in total. The molecule has 0 bridgehead atoms. The van der Waals surface area contributed by atoms with Crippen LogP contribution in [0.2, 0.25) is 0 Å². The number of benzene rings is 1. The van der Waals surface area contributed by atoms with E-state index in [1.165, 1.54) is 16.6 Å². The summed E-state index contributed by atoms with van der Waals surface area (Å²) < 4.78 is 7.36. The third kappa shape index (κ3) is 2.96. The fourth-order valence-corrected chi connectivity index (χ4v) is 2.33. The number of carbonyl (C=O) groups is 1. The largest absolute Gasteiger partial charge is 0.488 e. The van der Waals surface area contributed by atoms with Gasteiger partial charge in [0.2, 0.25) is 5.95 Å². The highest BCUT2D eigenvalue weighted by molar-refractivity contribution is 5.87. The molecule has 1 aliphatic rings. The van der Waals surface area contributed by atoms with Crippen molar-refractivity contribution >= 4 is 12.0 Å². The maximum absolute atomic E-state index is 12.1. The van der Waals surface area contributed by atoms with Crippen LogP contribution in [0.25, 0.3) is 0 Å². The molecule has 21 heavy (non-hydrogen) atoms. The lowest BCUT2D eigenvalue weighted by atomic mass is 10.1. The van der Waals surface area contributed by atoms with Gasteiger partial charge in [-0.1, -0.05) is 18.2 Å². The average Bonchev–Trinajstić information content (AvgIpc) is 3.04. The highest BCUT2D eigenvalue weighted by Gasteiger charge is 2.25. The van der Waals surface area contributed by atoms with Crippen LogP contribution in [-0.2, 0) is 13.5 Å². The van der Waals surface area contributed by atoms with E-state index in [0.29, 0.717) is 12.5 Å². The molecule has 7 heteroatoms. The number of fused-ring (bicyclic) bond motifs is 1. The molecule has 7 nitrogen and oxygen atoms in total. The number of nitrogens with one attached hydrogen (secondary N) is 1. The minimum absolute atomic E-state index is 0.0187. The van der Waals surface area contributed by atoms with Crippen LogP contribution >= 0.6 is 0 Å². The molecule has 1 aromatic carbocycles. The second-order valence-corrected chi connectivity index (χ2v) is 5.10. The Bertz CT molecular complexity index is 629. The first-order valence-corrected chi connectivity index (χ1v) is 6.74. The summed E-state index contributed by atoms with van der Waals surface area (Å²) in [6.07, 6.45) is 2.33. The van der Waals surface area contributed by atoms with E-state index in [1.807, 2.05) is 24.3 Å². The zero-order chi connectivity index (χ0) is 14.8. The van der Waals surface area contributed by atoms with Gasteiger partial charge in [0.05, 0.1) is 6.54 Å². The molecule has 110 valence electrons. The lowest BCUT2D eigenvalue weighted by molar-refractivity contribution is 0.172. The van der Waals surface area contributed by atoms with E-state index in [-0.39, 0.29) is 12.1 Å². The predicted octanol–water partition coefficient (Wildman–Crippen LogP) is 1.28. The maximum Gasteiger partial charge on any atom is 0.324 e. The number of ether oxygens (including phenoxy) is 1. The number of aryl methyl sites for hydroxylation is 1. The zero-order valence-electron chi connectivity index (χ0n) is 12.0. The van der Waals surface area contributed by atoms with Gasteiger partial charge in [-0.3, -0.25) is 10.00 Å². The number of aromatic nitrogens is 3. The molecule has 1 aromatic heterocycles. The van der Waals surface area contributed by atoms with Crippen LogP contribution in [-0.4, -0.2) is 45.4 Å². The van der Waals surface area contributed by atoms with E-state index < -0.39 is 0 Å². The van der Waals surface area contributed by atoms with E-state index >= 15 is 0 Å². The van der Waals surface area contributed by atoms with Crippen molar-refractivity contribution in [2.75, 3.05) is 18.9 Å². The molecule has 3 rings (SSSR count). The first-order chi connectivity index (χ1) is 10.1. The van der Waals surface area contributed by atoms with Crippen LogP contribution in [0, 0.1) is 0 Å². The van der Waals surface area contributed by atoms with Crippen molar-refractivity contribution in [1.82, 2.24) is 19.7 Å². The summed E-state index contributed by atoms with van der Waals surface area (Å²) in [5.41, 5.74) is 1.18. The number of para-hydroxylation sites is 1. The Morgan fingerprint density at radius 2 is 2.33 bits per heavy atom. The molecule has 1 unspecified atom stereocenters. The van der Waals surface area contributed by atoms with Gasteiger partial charge in [0, 0.05) is 20.5 Å². The van der Waals surface area contributed by atoms with Crippen molar-refractivity contribution in [1.29, 1.82) is 0 Å². The molecular formula is C14H17N5O2. The summed E-state index contributed by atoms with van der Waals surface area (Å²) in [6.45, 7) is 0.507. The van der Waals surface area contributed by atoms with E-state index in [2.05, 4.69) is 15.4 Å². The summed E-state index contributed by atoms with van der Waals surface area (Å²) in [5.74, 6) is 1.20. The Morgan fingerprint density at radius 3 is 3.05 bits per heavy atom. The van der Waals surface area contributed by atoms with Crippen LogP contribution in [0.1, 0.15) is 5.56 Å². The molecule has 0 radical (unpaired) electrons. The van der Waals surface area contributed by atoms with E-state index in [1.54, 1.807) is 19.0 Å². The normalized spacial score (nSPS) is 16.2. The van der Waals surface area contributed by atoms with Crippen LogP contribution in [0.5, 0.6) is 5.75 Å². The zero-order valence-corrected chi connectivity index (χ0v) is 12.0. The molecule has 1 aliphatic heterocycles. The molecule has 2 aromatic rings. The fraction of sp³-hybridized carbons (Fsp3) is 0.357. The Hall–Kier alpha value is -2.57. The minimum atomic E-state index is -0.249. The van der Waals surface area contributed by atoms with Gasteiger partial charge in [-0.2, -0.15) is 0 Å². The quantitative estimate of drug-likeness (QED) is 0.923. The summed E-state index contributed by atoms with van der Waals surface area (Å²) in [7, 11) is 3.47. The van der Waals surface area contributed by atoms with E-state index in [9.17, 15) is 4.79 Å². The molecule has 2 amide bonds. The van der Waals surface area contributed by atoms with Crippen molar-refractivity contribution in [2.24, 2.45) is 7.05 Å². The van der Waals surface area contributed by atoms with Crippen molar-refractivity contribution in [3.05, 3.63) is 36.2 Å². The van der Waals surface area contributed by atoms with Crippen molar-refractivity contribution in [3.8, 4) is 5.75 Å². The topological polar surface area (TPSA) is 72.3 Å². The monoisotopic (exact) mass is 287 g/mol. The van der Waals surface area contributed by atoms with Gasteiger partial charge in [0.25, 0.3) is 0 Å². The number of nitrogens with zero attached hydrogens (tertiary/aromatic N) is 4. The van der Waals surface area contributed by atoms with Crippen molar-refractivity contribution in [2.45, 2.75) is 12.5 Å². The smallest absolute Gasteiger partial charge is 0.324 e. The van der Waals surface area contributed by atoms with Gasteiger partial charge in [-0.15, -0.1) is 5.10 Å². The van der Waals surface area contributed by atoms with Gasteiger partial charge >= 0.3 is 6.03 Å². The SMILES string of the molecule is CN(CC1Cc2ccccc2O1)C(=O)Nc1ncn(C)n1. The number of hydrogen-bond donors (Lipinski definition) is 1. The van der Waals surface area contributed by atoms with E-state index in [4.69, 9.17) is 4.74 Å². The van der Waals surface area contributed by atoms with Gasteiger partial charge in [-0.05, 0) is 11.6 Å². The molecule has 0 fully saturated rings. The highest BCUT2D eigenvalue weighted by Crippen LogP contribution is 2.28. The Kier molecular flexibility index (Phi) is 3.47. The minimum Gasteiger partial charge on any atom is -0.488 e. The average molecular weight is 287 g/mol. The van der Waals surface area contributed by atoms with Crippen molar-refractivity contribution < 1.29 is 9.53 Å². The molecular weight excluding hydrogens is 270 g/mol. The third-order valence-electron chi connectivity index (χ3n) is 3.36. The Balaban J connectivity index is 1.55. The first-order valence-electron chi connectivity index (χ1n) is 6.74. The highest BCUT2D eigenvalue weighted by atomic mass is 16.5. The second-order valence-electron chi connectivity index (χ2n) is 5.10. The molecule has 0 saturated carbocycles. The molecule has 2 heterocycles. The number of anilines is 1. The number of rotatable bonds is 3. The summed E-state index contributed by atoms with van der Waals surface area (Å²) in [5, 5.41) is 6.66. The lowest BCUT2D eigenvalue weighted by Gasteiger charge is -2.20. The summed E-state index contributed by atoms with van der Waals surface area (Å²) in [4.78, 5) is 17.6. The van der Waals surface area contributed by atoms with Gasteiger partial charge in [0.15, 0.2) is 0 Å². The van der Waals surface area contributed by atoms with Gasteiger partial charge < -0.3 is 9.64 Å². The number of hydrogen-bond acceptors (Lipinski definition) is 4. The summed E-state index contributed by atoms with van der Waals surface area (Å²) in [6, 6.07) is 7.69. The molecule has 0 spiro atoms. The van der Waals surface area contributed by atoms with Crippen molar-refractivity contribution in [3.63, 3.8) is 0 Å². The summed E-state index contributed by atoms with van der Waals surface area (Å²) >= 11 is 0. The second kappa shape index (κ2) is 5.43. The maximum atomic E-state index is 12.1. The molecule has 0 aliphatic carbocycles. The van der Waals surface area contributed by atoms with Crippen LogP contribution in [0.4, 0.5) is 10.7 Å². The Morgan fingerprint density at radius 1 is 1.52 bits per heavy atom. The van der Waals surface area contributed by atoms with E-state index in [0.717, 1.165) is 12.2 Å². The first kappa shape index (κ1) is 13.4. The predicted molar refractivity (Wildman–Crippen MR) is 77.2 cm³/mol. The molecule has 0 saturated heterocycles. The fourth-order valence-electron chi connectivity index (χ4n) is 2.33. The Labute approximate surface area is 122 Å². The third-order valence-corrected chi connectivity index (χ3v) is 3.36. The molecule has 1 atom stereocenters. The number of carbonyl (C=O) groups excluding carboxylic acids is 1.